The molecule has 3 fully saturated rings. The molecule has 2 saturated heterocycles. The van der Waals surface area contributed by atoms with E-state index in [-0.39, 0.29) is 25.9 Å². The third kappa shape index (κ3) is 4.71. The first-order valence-electron chi connectivity index (χ1n) is 13.5. The highest BCUT2D eigenvalue weighted by Crippen LogP contribution is 2.72. The molecule has 0 aromatic rings. The molecule has 39 heavy (non-hydrogen) atoms. The van der Waals surface area contributed by atoms with Gasteiger partial charge in [-0.2, -0.15) is 0 Å². The molecule has 2 spiro atoms. The first kappa shape index (κ1) is 28.2. The zero-order chi connectivity index (χ0) is 28.0. The van der Waals surface area contributed by atoms with Gasteiger partial charge < -0.3 is 39.0 Å². The number of ether oxygens (including phenoxy) is 5. The largest absolute Gasteiger partial charge is 0.462 e. The first-order chi connectivity index (χ1) is 18.6. The molecule has 214 valence electrons. The predicted molar refractivity (Wildman–Crippen MR) is 137 cm³/mol. The van der Waals surface area contributed by atoms with E-state index >= 15 is 0 Å². The maximum atomic E-state index is 13.0. The Balaban J connectivity index is 1.53. The molecule has 9 atom stereocenters. The molecule has 3 aliphatic heterocycles. The summed E-state index contributed by atoms with van der Waals surface area (Å²) in [6.45, 7) is 5.38. The number of aliphatic hydroxyl groups is 3. The lowest BCUT2D eigenvalue weighted by atomic mass is 9.51. The lowest BCUT2D eigenvalue weighted by molar-refractivity contribution is -0.232. The normalized spacial score (nSPS) is 46.4. The van der Waals surface area contributed by atoms with Crippen molar-refractivity contribution < 1.29 is 48.6 Å². The predicted octanol–water partition coefficient (Wildman–Crippen LogP) is 1.29. The number of carbonyl (C=O) groups excluding carboxylic acids is 2. The summed E-state index contributed by atoms with van der Waals surface area (Å²) in [5.74, 6) is -1.17. The molecule has 2 aliphatic carbocycles. The lowest BCUT2D eigenvalue weighted by Gasteiger charge is -2.58. The summed E-state index contributed by atoms with van der Waals surface area (Å²) >= 11 is 0. The minimum absolute atomic E-state index is 0.0207. The van der Waals surface area contributed by atoms with Crippen LogP contribution in [0.2, 0.25) is 0 Å². The number of hydrogen-bond acceptors (Lipinski definition) is 10. The van der Waals surface area contributed by atoms with E-state index in [9.17, 15) is 24.9 Å². The number of epoxide rings is 1. The number of cyclic esters (lactones) is 1. The smallest absolute Gasteiger partial charge is 0.331 e. The van der Waals surface area contributed by atoms with Crippen molar-refractivity contribution in [2.75, 3.05) is 26.4 Å². The van der Waals surface area contributed by atoms with Crippen LogP contribution < -0.4 is 0 Å². The zero-order valence-corrected chi connectivity index (χ0v) is 22.6. The van der Waals surface area contributed by atoms with E-state index in [2.05, 4.69) is 0 Å². The number of esters is 2. The van der Waals surface area contributed by atoms with Gasteiger partial charge in [-0.15, -0.1) is 0 Å². The van der Waals surface area contributed by atoms with Crippen LogP contribution in [0, 0.1) is 10.8 Å². The van der Waals surface area contributed by atoms with Crippen LogP contribution in [0.1, 0.15) is 40.0 Å². The van der Waals surface area contributed by atoms with Gasteiger partial charge in [0.1, 0.15) is 24.4 Å². The first-order valence-corrected chi connectivity index (χ1v) is 13.5. The van der Waals surface area contributed by atoms with E-state index in [4.69, 9.17) is 23.7 Å². The van der Waals surface area contributed by atoms with Crippen LogP contribution in [0.4, 0.5) is 0 Å². The maximum absolute atomic E-state index is 13.0. The van der Waals surface area contributed by atoms with Crippen LogP contribution in [0.15, 0.2) is 47.6 Å². The maximum Gasteiger partial charge on any atom is 0.331 e. The zero-order valence-electron chi connectivity index (χ0n) is 22.6. The molecule has 10 nitrogen and oxygen atoms in total. The molecular formula is C29H38O10. The highest BCUT2D eigenvalue weighted by atomic mass is 16.6. The molecule has 2 bridgehead atoms. The third-order valence-corrected chi connectivity index (χ3v) is 9.47. The summed E-state index contributed by atoms with van der Waals surface area (Å²) in [6, 6.07) is 0. The van der Waals surface area contributed by atoms with Gasteiger partial charge in [-0.25, -0.2) is 9.59 Å². The van der Waals surface area contributed by atoms with Crippen LogP contribution in [-0.4, -0.2) is 95.9 Å². The molecule has 5 rings (SSSR count). The quantitative estimate of drug-likeness (QED) is 0.263. The minimum atomic E-state index is -1.09. The summed E-state index contributed by atoms with van der Waals surface area (Å²) in [5, 5.41) is 30.4. The van der Waals surface area contributed by atoms with Crippen LogP contribution >= 0.6 is 0 Å². The van der Waals surface area contributed by atoms with Crippen molar-refractivity contribution in [2.45, 2.75) is 82.3 Å². The van der Waals surface area contributed by atoms with Crippen LogP contribution in [-0.2, 0) is 33.3 Å². The Morgan fingerprint density at radius 1 is 1.15 bits per heavy atom. The summed E-state index contributed by atoms with van der Waals surface area (Å²) in [6.07, 6.45) is 6.63. The van der Waals surface area contributed by atoms with Crippen molar-refractivity contribution in [1.29, 1.82) is 0 Å². The van der Waals surface area contributed by atoms with Crippen LogP contribution in [0.3, 0.4) is 0 Å². The van der Waals surface area contributed by atoms with E-state index in [0.717, 1.165) is 5.57 Å². The Kier molecular flexibility index (Phi) is 7.64. The molecule has 0 aromatic carbocycles. The Morgan fingerprint density at radius 3 is 2.62 bits per heavy atom. The Morgan fingerprint density at radius 2 is 1.92 bits per heavy atom. The molecular weight excluding hydrogens is 508 g/mol. The van der Waals surface area contributed by atoms with Crippen molar-refractivity contribution in [3.05, 3.63) is 47.6 Å². The van der Waals surface area contributed by atoms with E-state index < -0.39 is 58.9 Å². The number of hydrogen-bond donors (Lipinski definition) is 3. The molecule has 10 heteroatoms. The molecule has 2 unspecified atom stereocenters. The fraction of sp³-hybridized carbons (Fsp3) is 0.655. The highest BCUT2D eigenvalue weighted by molar-refractivity contribution is 5.83. The van der Waals surface area contributed by atoms with Gasteiger partial charge in [0.25, 0.3) is 0 Å². The monoisotopic (exact) mass is 546 g/mol. The molecule has 3 N–H and O–H groups in total. The van der Waals surface area contributed by atoms with Crippen LogP contribution in [0.25, 0.3) is 0 Å². The molecule has 5 aliphatic rings. The highest BCUT2D eigenvalue weighted by Gasteiger charge is 2.83. The summed E-state index contributed by atoms with van der Waals surface area (Å²) in [7, 11) is 0. The SMILES string of the molecule is C/C1=C\C(=O)OC[C@]23CCC(CO)=C[C@H]2O[C@@H]2C[C@@H](OC(=O)/C=C\C=C\[C@H]([C@H](C)O)OCC1O)[C@@]3(C)C21CO1. The molecule has 3 heterocycles. The van der Waals surface area contributed by atoms with Crippen molar-refractivity contribution >= 4 is 11.9 Å². The van der Waals surface area contributed by atoms with Crippen molar-refractivity contribution in [1.82, 2.24) is 0 Å². The molecule has 1 saturated carbocycles. The fourth-order valence-corrected chi connectivity index (χ4v) is 6.89. The summed E-state index contributed by atoms with van der Waals surface area (Å²) in [5.41, 5.74) is -0.974. The van der Waals surface area contributed by atoms with Crippen molar-refractivity contribution in [2.24, 2.45) is 10.8 Å². The Labute approximate surface area is 227 Å². The number of rotatable bonds is 2. The van der Waals surface area contributed by atoms with Gasteiger partial charge in [-0.1, -0.05) is 31.2 Å². The third-order valence-electron chi connectivity index (χ3n) is 9.47. The molecule has 0 aromatic heterocycles. The topological polar surface area (TPSA) is 144 Å². The standard InChI is InChI=1S/C29H38O10/c1-17-10-26(34)36-15-28-9-8-19(13-30)11-23(28)38-24-12-22(27(28,3)29(24)16-37-29)39-25(33)7-5-4-6-21(18(2)31)35-14-20(17)32/h4-7,10-11,18,20-24,30-32H,8-9,12-16H2,1-3H3/b6-4+,7-5-,17-10+/t18-,20?,21+,22+,23+,24+,27+,28+,29?/m0/s1. The van der Waals surface area contributed by atoms with Gasteiger partial charge in [0.2, 0.25) is 0 Å². The van der Waals surface area contributed by atoms with E-state index in [1.54, 1.807) is 26.0 Å². The summed E-state index contributed by atoms with van der Waals surface area (Å²) in [4.78, 5) is 25.9. The van der Waals surface area contributed by atoms with Gasteiger partial charge in [0.05, 0.1) is 49.7 Å². The minimum Gasteiger partial charge on any atom is -0.462 e. The van der Waals surface area contributed by atoms with Gasteiger partial charge in [0, 0.05) is 24.0 Å². The summed E-state index contributed by atoms with van der Waals surface area (Å²) < 4.78 is 30.2. The van der Waals surface area contributed by atoms with Crippen LogP contribution in [0.5, 0.6) is 0 Å². The van der Waals surface area contributed by atoms with E-state index in [0.29, 0.717) is 31.4 Å². The second-order valence-electron chi connectivity index (χ2n) is 11.5. The average molecular weight is 547 g/mol. The van der Waals surface area contributed by atoms with Gasteiger partial charge in [-0.3, -0.25) is 0 Å². The van der Waals surface area contributed by atoms with Gasteiger partial charge in [-0.05, 0) is 37.8 Å². The van der Waals surface area contributed by atoms with Gasteiger partial charge in [0.15, 0.2) is 0 Å². The second kappa shape index (κ2) is 10.6. The number of carbonyl (C=O) groups is 2. The second-order valence-corrected chi connectivity index (χ2v) is 11.5. The van der Waals surface area contributed by atoms with Crippen molar-refractivity contribution in [3.8, 4) is 0 Å². The Bertz CT molecular complexity index is 1100. The fourth-order valence-electron chi connectivity index (χ4n) is 6.89. The van der Waals surface area contributed by atoms with E-state index in [1.165, 1.54) is 18.2 Å². The average Bonchev–Trinajstić information content (AvgIpc) is 3.68. The number of aliphatic hydroxyl groups excluding tert-OH is 3. The molecule has 0 radical (unpaired) electrons. The van der Waals surface area contributed by atoms with Gasteiger partial charge >= 0.3 is 11.9 Å². The Hall–Kier alpha value is -2.34. The van der Waals surface area contributed by atoms with Crippen molar-refractivity contribution in [3.63, 3.8) is 0 Å². The lowest BCUT2D eigenvalue weighted by Crippen LogP contribution is -2.66. The van der Waals surface area contributed by atoms with E-state index in [1.807, 2.05) is 13.0 Å². The number of allylic oxidation sites excluding steroid dienone is 2. The molecule has 0 amide bonds.